The zero-order valence-corrected chi connectivity index (χ0v) is 11.1. The van der Waals surface area contributed by atoms with Crippen molar-refractivity contribution < 1.29 is 23.4 Å². The van der Waals surface area contributed by atoms with Gasteiger partial charge < -0.3 is 15.2 Å². The zero-order chi connectivity index (χ0) is 14.1. The highest BCUT2D eigenvalue weighted by molar-refractivity contribution is 5.79. The highest BCUT2D eigenvalue weighted by Gasteiger charge is 2.51. The Morgan fingerprint density at radius 1 is 1.42 bits per heavy atom. The summed E-state index contributed by atoms with van der Waals surface area (Å²) in [7, 11) is 0. The first-order chi connectivity index (χ1) is 8.87. The van der Waals surface area contributed by atoms with E-state index in [1.807, 2.05) is 0 Å². The highest BCUT2D eigenvalue weighted by Crippen LogP contribution is 2.33. The molecule has 0 spiro atoms. The number of halogens is 2. The summed E-state index contributed by atoms with van der Waals surface area (Å²) in [6.45, 7) is 2.33. The Kier molecular flexibility index (Phi) is 4.11. The topological polar surface area (TPSA) is 58.6 Å². The Hall–Kier alpha value is -0.750. The van der Waals surface area contributed by atoms with Crippen LogP contribution in [0.5, 0.6) is 0 Å². The molecule has 2 aliphatic rings. The van der Waals surface area contributed by atoms with E-state index in [0.717, 1.165) is 25.7 Å². The number of nitrogens with one attached hydrogen (secondary N) is 1. The lowest BCUT2D eigenvalue weighted by atomic mass is 9.77. The van der Waals surface area contributed by atoms with Gasteiger partial charge in [0.15, 0.2) is 0 Å². The van der Waals surface area contributed by atoms with Crippen molar-refractivity contribution in [3.05, 3.63) is 0 Å². The van der Waals surface area contributed by atoms with E-state index < -0.39 is 30.0 Å². The van der Waals surface area contributed by atoms with E-state index in [4.69, 9.17) is 0 Å². The van der Waals surface area contributed by atoms with Crippen molar-refractivity contribution in [3.8, 4) is 0 Å². The van der Waals surface area contributed by atoms with E-state index in [1.165, 1.54) is 0 Å². The third-order valence-electron chi connectivity index (χ3n) is 4.30. The molecule has 1 saturated heterocycles. The Morgan fingerprint density at radius 3 is 2.53 bits per heavy atom. The van der Waals surface area contributed by atoms with Crippen LogP contribution in [0.25, 0.3) is 0 Å². The summed E-state index contributed by atoms with van der Waals surface area (Å²) in [5, 5.41) is 12.7. The van der Waals surface area contributed by atoms with Gasteiger partial charge in [0.1, 0.15) is 6.10 Å². The fourth-order valence-corrected chi connectivity index (χ4v) is 2.80. The minimum absolute atomic E-state index is 0.0171. The van der Waals surface area contributed by atoms with Gasteiger partial charge in [0, 0.05) is 12.1 Å². The summed E-state index contributed by atoms with van der Waals surface area (Å²) in [5.74, 6) is -4.16. The fraction of sp³-hybridized carbons (Fsp3) is 0.923. The molecule has 19 heavy (non-hydrogen) atoms. The number of aliphatic hydroxyl groups excluding tert-OH is 1. The van der Waals surface area contributed by atoms with Gasteiger partial charge in [-0.15, -0.1) is 0 Å². The van der Waals surface area contributed by atoms with Gasteiger partial charge in [0.2, 0.25) is 0 Å². The molecule has 4 nitrogen and oxygen atoms in total. The van der Waals surface area contributed by atoms with Crippen LogP contribution in [0.15, 0.2) is 0 Å². The van der Waals surface area contributed by atoms with Crippen molar-refractivity contribution >= 4 is 5.97 Å². The van der Waals surface area contributed by atoms with Gasteiger partial charge in [0.05, 0.1) is 13.0 Å². The Balaban J connectivity index is 1.86. The van der Waals surface area contributed by atoms with Gasteiger partial charge >= 0.3 is 11.9 Å². The largest absolute Gasteiger partial charge is 0.456 e. The molecule has 110 valence electrons. The summed E-state index contributed by atoms with van der Waals surface area (Å²) in [6.07, 6.45) is 2.29. The van der Waals surface area contributed by atoms with E-state index in [0.29, 0.717) is 5.92 Å². The molecule has 2 fully saturated rings. The fourth-order valence-electron chi connectivity index (χ4n) is 2.80. The quantitative estimate of drug-likeness (QED) is 0.764. The van der Waals surface area contributed by atoms with Gasteiger partial charge in [-0.1, -0.05) is 6.92 Å². The summed E-state index contributed by atoms with van der Waals surface area (Å²) >= 11 is 0. The molecule has 0 aromatic heterocycles. The van der Waals surface area contributed by atoms with Crippen LogP contribution in [0, 0.1) is 5.92 Å². The second kappa shape index (κ2) is 5.32. The van der Waals surface area contributed by atoms with Crippen molar-refractivity contribution in [3.63, 3.8) is 0 Å². The molecule has 1 unspecified atom stereocenters. The molecular weight excluding hydrogens is 256 g/mol. The lowest BCUT2D eigenvalue weighted by Gasteiger charge is -2.39. The molecular formula is C13H21F2NO3. The average molecular weight is 277 g/mol. The smallest absolute Gasteiger partial charge is 0.377 e. The number of hydrogen-bond donors (Lipinski definition) is 2. The van der Waals surface area contributed by atoms with Crippen LogP contribution in [0.4, 0.5) is 8.78 Å². The number of rotatable bonds is 4. The number of carbonyl (C=O) groups excluding carboxylic acids is 1. The van der Waals surface area contributed by atoms with Crippen molar-refractivity contribution in [1.82, 2.24) is 5.32 Å². The number of carbonyl (C=O) groups is 1. The summed E-state index contributed by atoms with van der Waals surface area (Å²) in [4.78, 5) is 10.9. The second-order valence-corrected chi connectivity index (χ2v) is 5.94. The van der Waals surface area contributed by atoms with E-state index in [1.54, 1.807) is 0 Å². The molecule has 2 N–H and O–H groups in total. The van der Waals surface area contributed by atoms with E-state index in [9.17, 15) is 18.7 Å². The number of hydrogen-bond acceptors (Lipinski definition) is 4. The number of alkyl halides is 2. The van der Waals surface area contributed by atoms with Crippen LogP contribution < -0.4 is 5.32 Å². The first kappa shape index (κ1) is 14.7. The van der Waals surface area contributed by atoms with Crippen molar-refractivity contribution in [2.24, 2.45) is 5.92 Å². The Morgan fingerprint density at radius 2 is 2.05 bits per heavy atom. The Labute approximate surface area is 111 Å². The van der Waals surface area contributed by atoms with E-state index >= 15 is 0 Å². The minimum Gasteiger partial charge on any atom is -0.456 e. The first-order valence-corrected chi connectivity index (χ1v) is 6.82. The van der Waals surface area contributed by atoms with E-state index in [-0.39, 0.29) is 13.2 Å². The lowest BCUT2D eigenvalue weighted by molar-refractivity contribution is -0.159. The third-order valence-corrected chi connectivity index (χ3v) is 4.30. The van der Waals surface area contributed by atoms with Gasteiger partial charge in [-0.05, 0) is 31.6 Å². The van der Waals surface area contributed by atoms with Crippen LogP contribution >= 0.6 is 0 Å². The predicted molar refractivity (Wildman–Crippen MR) is 64.9 cm³/mol. The summed E-state index contributed by atoms with van der Waals surface area (Å²) in [5.41, 5.74) is -0.406. The molecule has 0 bridgehead atoms. The van der Waals surface area contributed by atoms with Gasteiger partial charge in [-0.25, -0.2) is 4.79 Å². The normalized spacial score (nSPS) is 38.2. The number of ether oxygens (including phenoxy) is 1. The number of cyclic esters (lactones) is 1. The van der Waals surface area contributed by atoms with Crippen LogP contribution in [0.1, 0.15) is 39.0 Å². The predicted octanol–water partition coefficient (Wildman–Crippen LogP) is 1.47. The van der Waals surface area contributed by atoms with Crippen molar-refractivity contribution in [2.75, 3.05) is 13.2 Å². The Bertz CT molecular complexity index is 341. The van der Waals surface area contributed by atoms with Crippen molar-refractivity contribution in [1.29, 1.82) is 0 Å². The van der Waals surface area contributed by atoms with Crippen molar-refractivity contribution in [2.45, 2.75) is 56.6 Å². The number of esters is 1. The van der Waals surface area contributed by atoms with Crippen LogP contribution in [-0.2, 0) is 9.53 Å². The van der Waals surface area contributed by atoms with Crippen LogP contribution in [0.3, 0.4) is 0 Å². The van der Waals surface area contributed by atoms with Crippen LogP contribution in [0.2, 0.25) is 0 Å². The maximum atomic E-state index is 13.0. The molecule has 0 aromatic rings. The minimum atomic E-state index is -3.36. The number of aliphatic hydroxyl groups is 1. The standard InChI is InChI=1S/C13H21F2NO3/c1-9-2-4-12(8-17,5-3-9)16-7-10-6-13(14,15)11(18)19-10/h9-10,16-17H,2-8H2,1H3. The molecule has 2 rings (SSSR count). The lowest BCUT2D eigenvalue weighted by Crippen LogP contribution is -2.53. The molecule has 0 radical (unpaired) electrons. The summed E-state index contributed by atoms with van der Waals surface area (Å²) < 4.78 is 30.7. The van der Waals surface area contributed by atoms with Gasteiger partial charge in [-0.3, -0.25) is 0 Å². The summed E-state index contributed by atoms with van der Waals surface area (Å²) in [6, 6.07) is 0. The van der Waals surface area contributed by atoms with Gasteiger partial charge in [-0.2, -0.15) is 8.78 Å². The molecule has 1 aliphatic carbocycles. The SMILES string of the molecule is CC1CCC(CO)(NCC2CC(F)(F)C(=O)O2)CC1. The molecule has 1 aliphatic heterocycles. The molecule has 6 heteroatoms. The van der Waals surface area contributed by atoms with Crippen LogP contribution in [-0.4, -0.2) is 41.8 Å². The molecule has 0 amide bonds. The molecule has 0 aromatic carbocycles. The zero-order valence-electron chi connectivity index (χ0n) is 11.1. The third kappa shape index (κ3) is 3.23. The second-order valence-electron chi connectivity index (χ2n) is 5.94. The molecule has 1 saturated carbocycles. The average Bonchev–Trinajstić information content (AvgIpc) is 2.63. The molecule has 1 heterocycles. The molecule has 1 atom stereocenters. The maximum Gasteiger partial charge on any atom is 0.377 e. The monoisotopic (exact) mass is 277 g/mol. The first-order valence-electron chi connectivity index (χ1n) is 6.82. The van der Waals surface area contributed by atoms with E-state index in [2.05, 4.69) is 17.0 Å². The maximum absolute atomic E-state index is 13.0. The van der Waals surface area contributed by atoms with Gasteiger partial charge in [0.25, 0.3) is 0 Å². The highest BCUT2D eigenvalue weighted by atomic mass is 19.3.